The van der Waals surface area contributed by atoms with E-state index in [1.54, 1.807) is 18.5 Å². The van der Waals surface area contributed by atoms with E-state index in [1.807, 2.05) is 12.3 Å². The molecule has 1 aliphatic carbocycles. The second-order valence-corrected chi connectivity index (χ2v) is 8.88. The average molecular weight is 473 g/mol. The van der Waals surface area contributed by atoms with Crippen LogP contribution < -0.4 is 10.6 Å². The third-order valence-electron chi connectivity index (χ3n) is 5.86. The van der Waals surface area contributed by atoms with Crippen molar-refractivity contribution >= 4 is 45.8 Å². The zero-order chi connectivity index (χ0) is 23.1. The van der Waals surface area contributed by atoms with Crippen molar-refractivity contribution in [3.8, 4) is 0 Å². The lowest BCUT2D eigenvalue weighted by molar-refractivity contribution is -0.115. The van der Waals surface area contributed by atoms with Gasteiger partial charge in [0.15, 0.2) is 0 Å². The van der Waals surface area contributed by atoms with Crippen LogP contribution in [0.25, 0.3) is 16.7 Å². The maximum Gasteiger partial charge on any atom is 0.230 e. The lowest BCUT2D eigenvalue weighted by atomic mass is 10.1. The van der Waals surface area contributed by atoms with Gasteiger partial charge in [0.25, 0.3) is 0 Å². The first-order chi connectivity index (χ1) is 16.6. The van der Waals surface area contributed by atoms with Crippen LogP contribution in [-0.2, 0) is 17.8 Å². The van der Waals surface area contributed by atoms with Crippen molar-refractivity contribution in [2.75, 3.05) is 10.6 Å². The van der Waals surface area contributed by atoms with E-state index in [2.05, 4.69) is 58.3 Å². The molecule has 1 aliphatic rings. The molecule has 0 unspecified atom stereocenters. The Morgan fingerprint density at radius 3 is 2.91 bits per heavy atom. The van der Waals surface area contributed by atoms with Crippen molar-refractivity contribution in [2.45, 2.75) is 31.7 Å². The Kier molecular flexibility index (Phi) is 5.10. The molecule has 5 aromatic rings. The van der Waals surface area contributed by atoms with E-state index < -0.39 is 0 Å². The molecule has 9 nitrogen and oxygen atoms in total. The van der Waals surface area contributed by atoms with Crippen LogP contribution in [0.2, 0.25) is 5.02 Å². The number of fused-ring (bicyclic) bond motifs is 2. The molecule has 0 aromatic carbocycles. The summed E-state index contributed by atoms with van der Waals surface area (Å²) in [6.07, 6.45) is 11.6. The molecule has 34 heavy (non-hydrogen) atoms. The molecule has 0 saturated heterocycles. The molecule has 0 bridgehead atoms. The quantitative estimate of drug-likeness (QED) is 0.325. The number of aromatic nitrogens is 6. The number of rotatable bonds is 7. The molecule has 5 heterocycles. The minimum atomic E-state index is -0.204. The molecule has 0 aliphatic heterocycles. The van der Waals surface area contributed by atoms with Crippen LogP contribution in [0.3, 0.4) is 0 Å². The Morgan fingerprint density at radius 1 is 1.15 bits per heavy atom. The minimum Gasteiger partial charge on any atom is -0.364 e. The predicted molar refractivity (Wildman–Crippen MR) is 130 cm³/mol. The van der Waals surface area contributed by atoms with E-state index in [1.165, 1.54) is 24.7 Å². The molecular formula is C24H21ClN8O. The molecular weight excluding hydrogens is 452 g/mol. The summed E-state index contributed by atoms with van der Waals surface area (Å²) < 4.78 is 2.07. The molecule has 5 aromatic heterocycles. The lowest BCUT2D eigenvalue weighted by Gasteiger charge is -2.07. The van der Waals surface area contributed by atoms with E-state index >= 15 is 0 Å². The van der Waals surface area contributed by atoms with Crippen molar-refractivity contribution in [1.29, 1.82) is 0 Å². The van der Waals surface area contributed by atoms with E-state index in [0.717, 1.165) is 22.3 Å². The number of anilines is 2. The number of imidazole rings is 1. The van der Waals surface area contributed by atoms with Gasteiger partial charge in [0.05, 0.1) is 23.7 Å². The number of nitrogens with zero attached hydrogens (tertiary/aromatic N) is 5. The molecule has 10 heteroatoms. The number of hydrogen-bond donors (Lipinski definition) is 3. The second kappa shape index (κ2) is 8.42. The Hall–Kier alpha value is -3.98. The van der Waals surface area contributed by atoms with E-state index in [-0.39, 0.29) is 12.3 Å². The molecule has 1 fully saturated rings. The first-order valence-electron chi connectivity index (χ1n) is 11.1. The van der Waals surface area contributed by atoms with Crippen molar-refractivity contribution < 1.29 is 4.79 Å². The summed E-state index contributed by atoms with van der Waals surface area (Å²) in [6, 6.07) is 7.78. The second-order valence-electron chi connectivity index (χ2n) is 8.48. The minimum absolute atomic E-state index is 0.154. The van der Waals surface area contributed by atoms with Crippen LogP contribution in [-0.4, -0.2) is 35.2 Å². The first kappa shape index (κ1) is 20.6. The van der Waals surface area contributed by atoms with Gasteiger partial charge in [0.1, 0.15) is 29.3 Å². The van der Waals surface area contributed by atoms with Crippen molar-refractivity contribution in [1.82, 2.24) is 29.3 Å². The third-order valence-corrected chi connectivity index (χ3v) is 6.17. The van der Waals surface area contributed by atoms with Gasteiger partial charge in [-0.05, 0) is 42.0 Å². The fourth-order valence-corrected chi connectivity index (χ4v) is 4.19. The van der Waals surface area contributed by atoms with Crippen LogP contribution >= 0.6 is 11.6 Å². The summed E-state index contributed by atoms with van der Waals surface area (Å²) in [7, 11) is 0. The number of carbonyl (C=O) groups excluding carboxylic acids is 1. The number of hydrogen-bond acceptors (Lipinski definition) is 6. The van der Waals surface area contributed by atoms with Gasteiger partial charge in [-0.2, -0.15) is 0 Å². The highest BCUT2D eigenvalue weighted by Crippen LogP contribution is 2.39. The number of H-pyrrole nitrogens is 1. The number of aromatic amines is 1. The molecule has 6 rings (SSSR count). The highest BCUT2D eigenvalue weighted by molar-refractivity contribution is 6.35. The van der Waals surface area contributed by atoms with E-state index in [4.69, 9.17) is 11.6 Å². The van der Waals surface area contributed by atoms with Gasteiger partial charge in [-0.1, -0.05) is 17.7 Å². The molecule has 0 radical (unpaired) electrons. The summed E-state index contributed by atoms with van der Waals surface area (Å²) in [5.74, 6) is 1.52. The fourth-order valence-electron chi connectivity index (χ4n) is 3.99. The Labute approximate surface area is 199 Å². The van der Waals surface area contributed by atoms with Crippen LogP contribution in [0, 0.1) is 0 Å². The Bertz CT molecular complexity index is 1520. The van der Waals surface area contributed by atoms with Crippen molar-refractivity contribution in [2.24, 2.45) is 0 Å². The van der Waals surface area contributed by atoms with E-state index in [9.17, 15) is 4.79 Å². The number of nitrogens with one attached hydrogen (secondary N) is 3. The normalized spacial score (nSPS) is 13.4. The molecule has 170 valence electrons. The first-order valence-corrected chi connectivity index (χ1v) is 11.4. The van der Waals surface area contributed by atoms with E-state index in [0.29, 0.717) is 34.8 Å². The van der Waals surface area contributed by atoms with Crippen LogP contribution in [0.4, 0.5) is 11.6 Å². The highest BCUT2D eigenvalue weighted by atomic mass is 35.5. The SMILES string of the molecule is O=C(Cc1cnc2[nH]cc(Cl)c2c1)Nc1cc(NCc2cn3cc(C4CC4)ccc3n2)ncn1. The monoisotopic (exact) mass is 472 g/mol. The Balaban J connectivity index is 1.09. The zero-order valence-electron chi connectivity index (χ0n) is 18.1. The molecule has 3 N–H and O–H groups in total. The van der Waals surface area contributed by atoms with Crippen LogP contribution in [0.5, 0.6) is 0 Å². The van der Waals surface area contributed by atoms with Gasteiger partial charge in [-0.25, -0.2) is 19.9 Å². The van der Waals surface area contributed by atoms with Crippen molar-refractivity contribution in [3.63, 3.8) is 0 Å². The third kappa shape index (κ3) is 4.29. The summed E-state index contributed by atoms with van der Waals surface area (Å²) >= 11 is 6.15. The summed E-state index contributed by atoms with van der Waals surface area (Å²) in [5.41, 5.74) is 4.65. The standard InChI is InChI=1S/C24H21ClN8O/c25-19-10-28-24-18(19)5-14(8-27-24)6-23(34)32-21-7-20(29-13-30-21)26-9-17-12-33-11-16(15-1-2-15)3-4-22(33)31-17/h3-5,7-8,10-13,15H,1-2,6,9H2,(H,27,28)(H2,26,29,30,32,34). The Morgan fingerprint density at radius 2 is 2.03 bits per heavy atom. The maximum atomic E-state index is 12.5. The summed E-state index contributed by atoms with van der Waals surface area (Å²) in [5, 5.41) is 7.43. The molecule has 0 atom stereocenters. The number of carbonyl (C=O) groups is 1. The fraction of sp³-hybridized carbons (Fsp3) is 0.208. The van der Waals surface area contributed by atoms with Gasteiger partial charge in [-0.15, -0.1) is 0 Å². The number of amides is 1. The number of pyridine rings is 2. The smallest absolute Gasteiger partial charge is 0.230 e. The maximum absolute atomic E-state index is 12.5. The molecule has 1 saturated carbocycles. The summed E-state index contributed by atoms with van der Waals surface area (Å²) in [6.45, 7) is 0.508. The topological polar surface area (TPSA) is 113 Å². The average Bonchev–Trinajstić information content (AvgIpc) is 3.51. The predicted octanol–water partition coefficient (Wildman–Crippen LogP) is 4.32. The lowest BCUT2D eigenvalue weighted by Crippen LogP contribution is -2.16. The summed E-state index contributed by atoms with van der Waals surface area (Å²) in [4.78, 5) is 32.9. The molecule has 0 spiro atoms. The van der Waals surface area contributed by atoms with Gasteiger partial charge in [0, 0.05) is 36.2 Å². The highest BCUT2D eigenvalue weighted by Gasteiger charge is 2.23. The van der Waals surface area contributed by atoms with Gasteiger partial charge in [-0.3, -0.25) is 4.79 Å². The van der Waals surface area contributed by atoms with Gasteiger partial charge < -0.3 is 20.0 Å². The van der Waals surface area contributed by atoms with Crippen LogP contribution in [0.15, 0.2) is 55.4 Å². The molecule has 1 amide bonds. The van der Waals surface area contributed by atoms with Gasteiger partial charge >= 0.3 is 0 Å². The number of halogens is 1. The van der Waals surface area contributed by atoms with Gasteiger partial charge in [0.2, 0.25) is 5.91 Å². The van der Waals surface area contributed by atoms with Crippen molar-refractivity contribution in [3.05, 3.63) is 77.2 Å². The largest absolute Gasteiger partial charge is 0.364 e. The van der Waals surface area contributed by atoms with Crippen LogP contribution in [0.1, 0.15) is 35.6 Å². The zero-order valence-corrected chi connectivity index (χ0v) is 18.9.